The number of rotatable bonds is 4. The lowest BCUT2D eigenvalue weighted by molar-refractivity contribution is 0.102. The van der Waals surface area contributed by atoms with E-state index >= 15 is 0 Å². The number of fused-ring (bicyclic) bond motifs is 1. The third-order valence-corrected chi connectivity index (χ3v) is 5.07. The van der Waals surface area contributed by atoms with Crippen LogP contribution in [0.4, 0.5) is 5.69 Å². The number of methoxy groups -OCH3 is 1. The monoisotopic (exact) mass is 382 g/mol. The molecule has 4 aromatic rings. The molecule has 29 heavy (non-hydrogen) atoms. The molecule has 0 aliphatic rings. The maximum Gasteiger partial charge on any atom is 0.256 e. The summed E-state index contributed by atoms with van der Waals surface area (Å²) in [4.78, 5) is 18.0. The van der Waals surface area contributed by atoms with E-state index in [1.54, 1.807) is 7.11 Å². The number of nitrogens with one attached hydrogen (secondary N) is 1. The molecule has 0 aliphatic carbocycles. The summed E-state index contributed by atoms with van der Waals surface area (Å²) < 4.78 is 5.24. The van der Waals surface area contributed by atoms with Crippen LogP contribution in [0.2, 0.25) is 0 Å². The second-order valence-corrected chi connectivity index (χ2v) is 7.02. The second-order valence-electron chi connectivity index (χ2n) is 7.02. The Bertz CT molecular complexity index is 1180. The number of anilines is 1. The largest absolute Gasteiger partial charge is 0.497 e. The van der Waals surface area contributed by atoms with Gasteiger partial charge in [0.1, 0.15) is 5.75 Å². The highest BCUT2D eigenvalue weighted by Gasteiger charge is 2.15. The van der Waals surface area contributed by atoms with Crippen molar-refractivity contribution in [1.82, 2.24) is 4.98 Å². The summed E-state index contributed by atoms with van der Waals surface area (Å²) in [5, 5.41) is 3.92. The number of carbonyl (C=O) groups is 1. The molecule has 0 unspecified atom stereocenters. The smallest absolute Gasteiger partial charge is 0.256 e. The number of benzene rings is 3. The van der Waals surface area contributed by atoms with Crippen molar-refractivity contribution in [2.75, 3.05) is 12.4 Å². The number of pyridine rings is 1. The Morgan fingerprint density at radius 1 is 0.897 bits per heavy atom. The standard InChI is InChI=1S/C25H22N2O2/c1-16-7-6-8-17(2)24(16)27-25(28)21-15-23(18-11-13-19(29-3)14-12-18)26-22-10-5-4-9-20(21)22/h4-15H,1-3H3,(H,27,28). The lowest BCUT2D eigenvalue weighted by Crippen LogP contribution is -2.14. The normalized spacial score (nSPS) is 10.7. The van der Waals surface area contributed by atoms with Gasteiger partial charge in [-0.05, 0) is 61.4 Å². The number of amides is 1. The Hall–Kier alpha value is -3.66. The average Bonchev–Trinajstić information content (AvgIpc) is 2.75. The van der Waals surface area contributed by atoms with Gasteiger partial charge in [0, 0.05) is 16.6 Å². The first-order valence-corrected chi connectivity index (χ1v) is 9.48. The van der Waals surface area contributed by atoms with Crippen LogP contribution >= 0.6 is 0 Å². The molecule has 4 nitrogen and oxygen atoms in total. The first-order chi connectivity index (χ1) is 14.1. The maximum atomic E-state index is 13.3. The quantitative estimate of drug-likeness (QED) is 0.487. The molecule has 4 rings (SSSR count). The fourth-order valence-corrected chi connectivity index (χ4v) is 3.47. The van der Waals surface area contributed by atoms with E-state index in [0.717, 1.165) is 44.7 Å². The van der Waals surface area contributed by atoms with Gasteiger partial charge in [0.25, 0.3) is 5.91 Å². The van der Waals surface area contributed by atoms with Crippen LogP contribution in [0.3, 0.4) is 0 Å². The molecule has 1 N–H and O–H groups in total. The summed E-state index contributed by atoms with van der Waals surface area (Å²) in [6.45, 7) is 3.99. The van der Waals surface area contributed by atoms with E-state index in [0.29, 0.717) is 5.56 Å². The van der Waals surface area contributed by atoms with Gasteiger partial charge in [-0.1, -0.05) is 36.4 Å². The van der Waals surface area contributed by atoms with Crippen LogP contribution in [0.5, 0.6) is 5.75 Å². The number of nitrogens with zero attached hydrogens (tertiary/aromatic N) is 1. The maximum absolute atomic E-state index is 13.3. The SMILES string of the molecule is COc1ccc(-c2cc(C(=O)Nc3c(C)cccc3C)c3ccccc3n2)cc1. The Kier molecular flexibility index (Phi) is 5.00. The van der Waals surface area contributed by atoms with Crippen molar-refractivity contribution in [3.63, 3.8) is 0 Å². The molecule has 0 saturated heterocycles. The Morgan fingerprint density at radius 2 is 1.59 bits per heavy atom. The summed E-state index contributed by atoms with van der Waals surface area (Å²) in [5.41, 5.74) is 5.98. The highest BCUT2D eigenvalue weighted by molar-refractivity contribution is 6.13. The molecule has 0 spiro atoms. The van der Waals surface area contributed by atoms with Crippen molar-refractivity contribution < 1.29 is 9.53 Å². The van der Waals surface area contributed by atoms with Gasteiger partial charge in [-0.2, -0.15) is 0 Å². The number of hydrogen-bond donors (Lipinski definition) is 1. The van der Waals surface area contributed by atoms with Crippen LogP contribution in [0.25, 0.3) is 22.2 Å². The topological polar surface area (TPSA) is 51.2 Å². The fourth-order valence-electron chi connectivity index (χ4n) is 3.47. The number of aromatic nitrogens is 1. The Labute approximate surface area is 170 Å². The van der Waals surface area contributed by atoms with E-state index in [1.165, 1.54) is 0 Å². The van der Waals surface area contributed by atoms with Crippen LogP contribution in [-0.2, 0) is 0 Å². The van der Waals surface area contributed by atoms with Crippen LogP contribution in [0, 0.1) is 13.8 Å². The van der Waals surface area contributed by atoms with E-state index in [4.69, 9.17) is 9.72 Å². The van der Waals surface area contributed by atoms with E-state index in [2.05, 4.69) is 5.32 Å². The van der Waals surface area contributed by atoms with Crippen LogP contribution in [-0.4, -0.2) is 18.0 Å². The van der Waals surface area contributed by atoms with E-state index in [-0.39, 0.29) is 5.91 Å². The van der Waals surface area contributed by atoms with Crippen molar-refractivity contribution in [2.24, 2.45) is 0 Å². The fraction of sp³-hybridized carbons (Fsp3) is 0.120. The van der Waals surface area contributed by atoms with Gasteiger partial charge in [0.15, 0.2) is 0 Å². The first-order valence-electron chi connectivity index (χ1n) is 9.48. The molecule has 0 fully saturated rings. The van der Waals surface area contributed by atoms with Crippen molar-refractivity contribution in [2.45, 2.75) is 13.8 Å². The minimum Gasteiger partial charge on any atom is -0.497 e. The molecule has 1 amide bonds. The molecular weight excluding hydrogens is 360 g/mol. The van der Waals surface area contributed by atoms with Crippen LogP contribution in [0.1, 0.15) is 21.5 Å². The molecule has 0 saturated carbocycles. The van der Waals surface area contributed by atoms with Gasteiger partial charge in [0.05, 0.1) is 23.9 Å². The molecule has 144 valence electrons. The van der Waals surface area contributed by atoms with Crippen molar-refractivity contribution in [3.05, 3.63) is 89.5 Å². The average molecular weight is 382 g/mol. The summed E-state index contributed by atoms with van der Waals surface area (Å²) in [5.74, 6) is 0.637. The van der Waals surface area contributed by atoms with Crippen LogP contribution in [0.15, 0.2) is 72.8 Å². The molecule has 0 radical (unpaired) electrons. The molecular formula is C25H22N2O2. The first kappa shape index (κ1) is 18.7. The lowest BCUT2D eigenvalue weighted by atomic mass is 10.0. The van der Waals surface area contributed by atoms with Crippen molar-refractivity contribution in [3.8, 4) is 17.0 Å². The highest BCUT2D eigenvalue weighted by atomic mass is 16.5. The predicted molar refractivity (Wildman–Crippen MR) is 118 cm³/mol. The summed E-state index contributed by atoms with van der Waals surface area (Å²) in [7, 11) is 1.64. The third kappa shape index (κ3) is 3.69. The number of carbonyl (C=O) groups excluding carboxylic acids is 1. The predicted octanol–water partition coefficient (Wildman–Crippen LogP) is 5.78. The minimum atomic E-state index is -0.143. The van der Waals surface area contributed by atoms with Gasteiger partial charge >= 0.3 is 0 Å². The lowest BCUT2D eigenvalue weighted by Gasteiger charge is -2.14. The zero-order valence-electron chi connectivity index (χ0n) is 16.7. The molecule has 1 heterocycles. The summed E-state index contributed by atoms with van der Waals surface area (Å²) >= 11 is 0. The zero-order valence-corrected chi connectivity index (χ0v) is 16.7. The van der Waals surface area contributed by atoms with E-state index < -0.39 is 0 Å². The molecule has 0 bridgehead atoms. The molecule has 3 aromatic carbocycles. The van der Waals surface area contributed by atoms with Gasteiger partial charge in [0.2, 0.25) is 0 Å². The minimum absolute atomic E-state index is 0.143. The van der Waals surface area contributed by atoms with Gasteiger partial charge in [-0.15, -0.1) is 0 Å². The van der Waals surface area contributed by atoms with Gasteiger partial charge < -0.3 is 10.1 Å². The number of aryl methyl sites for hydroxylation is 2. The Morgan fingerprint density at radius 3 is 2.28 bits per heavy atom. The number of hydrogen-bond acceptors (Lipinski definition) is 3. The van der Waals surface area contributed by atoms with E-state index in [9.17, 15) is 4.79 Å². The molecule has 0 aliphatic heterocycles. The van der Waals surface area contributed by atoms with Crippen LogP contribution < -0.4 is 10.1 Å². The molecule has 1 aromatic heterocycles. The second kappa shape index (κ2) is 7.76. The third-order valence-electron chi connectivity index (χ3n) is 5.07. The van der Waals surface area contributed by atoms with E-state index in [1.807, 2.05) is 86.6 Å². The molecule has 4 heteroatoms. The zero-order chi connectivity index (χ0) is 20.4. The number of ether oxygens (including phenoxy) is 1. The number of para-hydroxylation sites is 2. The van der Waals surface area contributed by atoms with Crippen molar-refractivity contribution in [1.29, 1.82) is 0 Å². The van der Waals surface area contributed by atoms with Crippen molar-refractivity contribution >= 4 is 22.5 Å². The summed E-state index contributed by atoms with van der Waals surface area (Å²) in [6.07, 6.45) is 0. The Balaban J connectivity index is 1.81. The summed E-state index contributed by atoms with van der Waals surface area (Å²) in [6, 6.07) is 23.2. The van der Waals surface area contributed by atoms with Gasteiger partial charge in [-0.3, -0.25) is 4.79 Å². The van der Waals surface area contributed by atoms with Gasteiger partial charge in [-0.25, -0.2) is 4.98 Å². The highest BCUT2D eigenvalue weighted by Crippen LogP contribution is 2.28. The molecule has 0 atom stereocenters.